The number of hydrogen-bond donors (Lipinski definition) is 2. The molecule has 1 aromatic carbocycles. The number of ether oxygens (including phenoxy) is 1. The van der Waals surface area contributed by atoms with E-state index < -0.39 is 5.97 Å². The molecule has 0 bridgehead atoms. The number of carbonyl (C=O) groups excluding carboxylic acids is 1. The van der Waals surface area contributed by atoms with E-state index >= 15 is 0 Å². The fraction of sp³-hybridized carbons (Fsp3) is 0.286. The van der Waals surface area contributed by atoms with Gasteiger partial charge in [-0.1, -0.05) is 12.1 Å². The van der Waals surface area contributed by atoms with Gasteiger partial charge in [-0.25, -0.2) is 4.79 Å². The van der Waals surface area contributed by atoms with Crippen molar-refractivity contribution in [2.45, 2.75) is 19.9 Å². The maximum atomic E-state index is 11.7. The predicted octanol–water partition coefficient (Wildman–Crippen LogP) is 2.22. The molecule has 0 aliphatic heterocycles. The number of nitrogens with one attached hydrogen (secondary N) is 2. The van der Waals surface area contributed by atoms with Crippen LogP contribution in [0.3, 0.4) is 0 Å². The summed E-state index contributed by atoms with van der Waals surface area (Å²) in [5, 5.41) is 13.9. The molecule has 7 heteroatoms. The molecule has 0 saturated carbocycles. The summed E-state index contributed by atoms with van der Waals surface area (Å²) in [7, 11) is 1.34. The third-order valence-corrected chi connectivity index (χ3v) is 2.57. The van der Waals surface area contributed by atoms with Crippen molar-refractivity contribution in [2.75, 3.05) is 17.7 Å². The molecule has 1 aromatic heterocycles. The maximum Gasteiger partial charge on any atom is 0.339 e. The molecule has 0 amide bonds. The van der Waals surface area contributed by atoms with Crippen LogP contribution in [0.1, 0.15) is 24.2 Å². The zero-order chi connectivity index (χ0) is 15.2. The number of para-hydroxylation sites is 1. The lowest BCUT2D eigenvalue weighted by atomic mass is 10.2. The highest BCUT2D eigenvalue weighted by atomic mass is 16.5. The average Bonchev–Trinajstić information content (AvgIpc) is 2.47. The van der Waals surface area contributed by atoms with Gasteiger partial charge in [0.25, 0.3) is 0 Å². The van der Waals surface area contributed by atoms with E-state index in [9.17, 15) is 4.79 Å². The Morgan fingerprint density at radius 3 is 2.76 bits per heavy atom. The summed E-state index contributed by atoms with van der Waals surface area (Å²) in [6.07, 6.45) is 1.49. The first-order chi connectivity index (χ1) is 10.1. The van der Waals surface area contributed by atoms with Crippen molar-refractivity contribution in [3.05, 3.63) is 36.0 Å². The maximum absolute atomic E-state index is 11.7. The third-order valence-electron chi connectivity index (χ3n) is 2.57. The number of carbonyl (C=O) groups is 1. The Morgan fingerprint density at radius 2 is 2.05 bits per heavy atom. The van der Waals surface area contributed by atoms with Crippen LogP contribution in [0.4, 0.5) is 17.5 Å². The van der Waals surface area contributed by atoms with Gasteiger partial charge >= 0.3 is 5.97 Å². The molecule has 21 heavy (non-hydrogen) atoms. The van der Waals surface area contributed by atoms with Crippen LogP contribution >= 0.6 is 0 Å². The molecule has 2 N–H and O–H groups in total. The minimum Gasteiger partial charge on any atom is -0.465 e. The Kier molecular flexibility index (Phi) is 4.65. The predicted molar refractivity (Wildman–Crippen MR) is 79.6 cm³/mol. The molecule has 2 rings (SSSR count). The largest absolute Gasteiger partial charge is 0.465 e. The first-order valence-corrected chi connectivity index (χ1v) is 6.50. The number of nitrogens with zero attached hydrogens (tertiary/aromatic N) is 3. The molecule has 0 spiro atoms. The van der Waals surface area contributed by atoms with Crippen molar-refractivity contribution < 1.29 is 9.53 Å². The van der Waals surface area contributed by atoms with Crippen molar-refractivity contribution >= 4 is 23.4 Å². The Labute approximate surface area is 122 Å². The van der Waals surface area contributed by atoms with Crippen molar-refractivity contribution in [1.29, 1.82) is 0 Å². The van der Waals surface area contributed by atoms with E-state index in [2.05, 4.69) is 25.8 Å². The second kappa shape index (κ2) is 6.65. The summed E-state index contributed by atoms with van der Waals surface area (Å²) in [5.41, 5.74) is 1.03. The fourth-order valence-electron chi connectivity index (χ4n) is 1.70. The molecule has 0 fully saturated rings. The lowest BCUT2D eigenvalue weighted by Gasteiger charge is -2.11. The van der Waals surface area contributed by atoms with E-state index in [1.807, 2.05) is 19.9 Å². The number of hydrogen-bond acceptors (Lipinski definition) is 7. The van der Waals surface area contributed by atoms with E-state index in [0.717, 1.165) is 0 Å². The molecular formula is C14H17N5O2. The first-order valence-electron chi connectivity index (χ1n) is 6.50. The van der Waals surface area contributed by atoms with Gasteiger partial charge in [-0.3, -0.25) is 0 Å². The van der Waals surface area contributed by atoms with E-state index in [-0.39, 0.29) is 6.04 Å². The van der Waals surface area contributed by atoms with Crippen LogP contribution in [0.15, 0.2) is 30.5 Å². The van der Waals surface area contributed by atoms with Gasteiger partial charge < -0.3 is 15.4 Å². The molecule has 0 radical (unpaired) electrons. The Hall–Kier alpha value is -2.70. The molecule has 2 aromatic rings. The van der Waals surface area contributed by atoms with E-state index in [0.29, 0.717) is 23.0 Å². The quantitative estimate of drug-likeness (QED) is 0.815. The zero-order valence-corrected chi connectivity index (χ0v) is 12.1. The summed E-state index contributed by atoms with van der Waals surface area (Å²) in [4.78, 5) is 16.0. The number of benzene rings is 1. The number of aromatic nitrogens is 3. The Balaban J connectivity index is 2.24. The van der Waals surface area contributed by atoms with E-state index in [4.69, 9.17) is 4.74 Å². The number of anilines is 3. The van der Waals surface area contributed by atoms with Crippen molar-refractivity contribution in [1.82, 2.24) is 15.2 Å². The highest BCUT2D eigenvalue weighted by Crippen LogP contribution is 2.20. The van der Waals surface area contributed by atoms with Crippen molar-refractivity contribution in [3.63, 3.8) is 0 Å². The topological polar surface area (TPSA) is 89.0 Å². The van der Waals surface area contributed by atoms with Crippen LogP contribution in [-0.4, -0.2) is 34.3 Å². The minimum atomic E-state index is -0.416. The minimum absolute atomic E-state index is 0.199. The van der Waals surface area contributed by atoms with Gasteiger partial charge in [0.15, 0.2) is 5.82 Å². The normalized spacial score (nSPS) is 10.3. The Bertz CT molecular complexity index is 630. The van der Waals surface area contributed by atoms with Crippen molar-refractivity contribution in [3.8, 4) is 0 Å². The summed E-state index contributed by atoms with van der Waals surface area (Å²) in [6.45, 7) is 3.96. The Morgan fingerprint density at radius 1 is 1.29 bits per heavy atom. The highest BCUT2D eigenvalue weighted by molar-refractivity contribution is 5.96. The lowest BCUT2D eigenvalue weighted by Crippen LogP contribution is -2.14. The van der Waals surface area contributed by atoms with Crippen LogP contribution in [0.2, 0.25) is 0 Å². The number of methoxy groups -OCH3 is 1. The summed E-state index contributed by atoms with van der Waals surface area (Å²) in [6, 6.07) is 7.22. The second-order valence-corrected chi connectivity index (χ2v) is 4.63. The smallest absolute Gasteiger partial charge is 0.339 e. The molecule has 1 heterocycles. The van der Waals surface area contributed by atoms with Gasteiger partial charge in [-0.05, 0) is 26.0 Å². The van der Waals surface area contributed by atoms with Gasteiger partial charge in [-0.15, -0.1) is 5.10 Å². The average molecular weight is 287 g/mol. The second-order valence-electron chi connectivity index (χ2n) is 4.63. The van der Waals surface area contributed by atoms with E-state index in [1.165, 1.54) is 13.3 Å². The van der Waals surface area contributed by atoms with Gasteiger partial charge in [-0.2, -0.15) is 10.1 Å². The molecule has 0 atom stereocenters. The molecule has 110 valence electrons. The first kappa shape index (κ1) is 14.7. The SMILES string of the molecule is COC(=O)c1ccccc1Nc1cnnc(NC(C)C)n1. The molecule has 0 saturated heterocycles. The van der Waals surface area contributed by atoms with Gasteiger partial charge in [0.1, 0.15) is 0 Å². The van der Waals surface area contributed by atoms with Crippen LogP contribution in [0.25, 0.3) is 0 Å². The zero-order valence-electron chi connectivity index (χ0n) is 12.1. The van der Waals surface area contributed by atoms with Gasteiger partial charge in [0, 0.05) is 6.04 Å². The van der Waals surface area contributed by atoms with Gasteiger partial charge in [0.05, 0.1) is 24.6 Å². The lowest BCUT2D eigenvalue weighted by molar-refractivity contribution is 0.0602. The van der Waals surface area contributed by atoms with Gasteiger partial charge in [0.2, 0.25) is 5.95 Å². The molecular weight excluding hydrogens is 270 g/mol. The highest BCUT2D eigenvalue weighted by Gasteiger charge is 2.12. The van der Waals surface area contributed by atoms with Crippen molar-refractivity contribution in [2.24, 2.45) is 0 Å². The van der Waals surface area contributed by atoms with Crippen LogP contribution in [0, 0.1) is 0 Å². The molecule has 0 aliphatic rings. The molecule has 0 aliphatic carbocycles. The van der Waals surface area contributed by atoms with Crippen LogP contribution < -0.4 is 10.6 Å². The summed E-state index contributed by atoms with van der Waals surface area (Å²) >= 11 is 0. The number of esters is 1. The van der Waals surface area contributed by atoms with Crippen LogP contribution in [-0.2, 0) is 4.74 Å². The third kappa shape index (κ3) is 3.88. The molecule has 0 unspecified atom stereocenters. The summed E-state index contributed by atoms with van der Waals surface area (Å²) < 4.78 is 4.75. The van der Waals surface area contributed by atoms with E-state index in [1.54, 1.807) is 18.2 Å². The fourth-order valence-corrected chi connectivity index (χ4v) is 1.70. The van der Waals surface area contributed by atoms with Crippen LogP contribution in [0.5, 0.6) is 0 Å². The summed E-state index contributed by atoms with van der Waals surface area (Å²) in [5.74, 6) is 0.496. The number of rotatable bonds is 5. The molecule has 7 nitrogen and oxygen atoms in total. The standard InChI is InChI=1S/C14H17N5O2/c1-9(2)16-14-18-12(8-15-19-14)17-11-7-5-4-6-10(11)13(20)21-3/h4-9H,1-3H3,(H2,16,17,18,19). The monoisotopic (exact) mass is 287 g/mol.